The molecular weight excluding hydrogens is 382 g/mol. The van der Waals surface area contributed by atoms with Crippen LogP contribution in [0.2, 0.25) is 0 Å². The second kappa shape index (κ2) is 7.24. The van der Waals surface area contributed by atoms with Crippen LogP contribution in [0.4, 0.5) is 0 Å². The summed E-state index contributed by atoms with van der Waals surface area (Å²) in [4.78, 5) is 12.8. The van der Waals surface area contributed by atoms with E-state index in [0.29, 0.717) is 17.9 Å². The number of amides is 1. The average Bonchev–Trinajstić information content (AvgIpc) is 3.19. The molecule has 25 heavy (non-hydrogen) atoms. The monoisotopic (exact) mass is 405 g/mol. The molecule has 1 fully saturated rings. The lowest BCUT2D eigenvalue weighted by atomic mass is 9.78. The molecule has 1 aliphatic rings. The first-order valence-corrected chi connectivity index (χ1v) is 9.45. The van der Waals surface area contributed by atoms with Gasteiger partial charge in [0.2, 0.25) is 0 Å². The minimum atomic E-state index is -0.0950. The van der Waals surface area contributed by atoms with Crippen molar-refractivity contribution < 1.29 is 13.9 Å². The molecule has 5 heteroatoms. The van der Waals surface area contributed by atoms with Gasteiger partial charge in [-0.1, -0.05) is 31.0 Å². The highest BCUT2D eigenvalue weighted by Crippen LogP contribution is 2.44. The molecule has 1 amide bonds. The summed E-state index contributed by atoms with van der Waals surface area (Å²) in [7, 11) is 1.70. The number of para-hydroxylation sites is 1. The van der Waals surface area contributed by atoms with E-state index in [2.05, 4.69) is 27.3 Å². The van der Waals surface area contributed by atoms with Crippen LogP contribution in [0, 0.1) is 13.8 Å². The van der Waals surface area contributed by atoms with Crippen molar-refractivity contribution in [3.8, 4) is 5.75 Å². The SMILES string of the molecule is COc1ccccc1C1(CNC(=O)c2c(C)oc(C)c2Br)CCCC1. The van der Waals surface area contributed by atoms with Gasteiger partial charge in [0.1, 0.15) is 17.3 Å². The van der Waals surface area contributed by atoms with E-state index in [4.69, 9.17) is 9.15 Å². The van der Waals surface area contributed by atoms with E-state index in [9.17, 15) is 4.79 Å². The predicted molar refractivity (Wildman–Crippen MR) is 101 cm³/mol. The van der Waals surface area contributed by atoms with Crippen molar-refractivity contribution in [2.45, 2.75) is 44.9 Å². The third-order valence-electron chi connectivity index (χ3n) is 5.24. The molecule has 0 spiro atoms. The Kier molecular flexibility index (Phi) is 5.23. The molecule has 1 saturated carbocycles. The number of ether oxygens (including phenoxy) is 1. The maximum atomic E-state index is 12.8. The molecule has 1 heterocycles. The van der Waals surface area contributed by atoms with Crippen molar-refractivity contribution in [1.29, 1.82) is 0 Å². The quantitative estimate of drug-likeness (QED) is 0.768. The van der Waals surface area contributed by atoms with E-state index in [1.807, 2.05) is 32.0 Å². The lowest BCUT2D eigenvalue weighted by Gasteiger charge is -2.31. The summed E-state index contributed by atoms with van der Waals surface area (Å²) in [6.45, 7) is 4.27. The van der Waals surface area contributed by atoms with E-state index in [1.54, 1.807) is 7.11 Å². The van der Waals surface area contributed by atoms with E-state index >= 15 is 0 Å². The van der Waals surface area contributed by atoms with Gasteiger partial charge in [-0.3, -0.25) is 4.79 Å². The summed E-state index contributed by atoms with van der Waals surface area (Å²) in [6, 6.07) is 8.15. The highest BCUT2D eigenvalue weighted by molar-refractivity contribution is 9.10. The fraction of sp³-hybridized carbons (Fsp3) is 0.450. The van der Waals surface area contributed by atoms with Gasteiger partial charge in [-0.15, -0.1) is 0 Å². The number of nitrogens with one attached hydrogen (secondary N) is 1. The van der Waals surface area contributed by atoms with E-state index in [-0.39, 0.29) is 11.3 Å². The fourth-order valence-corrected chi connectivity index (χ4v) is 4.47. The maximum absolute atomic E-state index is 12.8. The van der Waals surface area contributed by atoms with Crippen LogP contribution in [0.1, 0.15) is 53.1 Å². The Morgan fingerprint density at radius 1 is 1.24 bits per heavy atom. The predicted octanol–water partition coefficient (Wildman–Crippen LogP) is 4.91. The van der Waals surface area contributed by atoms with Gasteiger partial charge in [-0.05, 0) is 48.7 Å². The summed E-state index contributed by atoms with van der Waals surface area (Å²) in [5.74, 6) is 2.17. The number of hydrogen-bond acceptors (Lipinski definition) is 3. The normalized spacial score (nSPS) is 16.0. The van der Waals surface area contributed by atoms with E-state index in [0.717, 1.165) is 28.8 Å². The van der Waals surface area contributed by atoms with Gasteiger partial charge in [0.05, 0.1) is 17.1 Å². The Bertz CT molecular complexity index is 775. The standard InChI is InChI=1S/C20H24BrNO3/c1-13-17(18(21)14(2)25-13)19(23)22-12-20(10-6-7-11-20)15-8-4-5-9-16(15)24-3/h4-5,8-9H,6-7,10-12H2,1-3H3,(H,22,23). The van der Waals surface area contributed by atoms with Gasteiger partial charge in [0, 0.05) is 17.5 Å². The van der Waals surface area contributed by atoms with Crippen LogP contribution >= 0.6 is 15.9 Å². The van der Waals surface area contributed by atoms with Gasteiger partial charge in [0.15, 0.2) is 0 Å². The summed E-state index contributed by atoms with van der Waals surface area (Å²) >= 11 is 3.46. The van der Waals surface area contributed by atoms with Crippen molar-refractivity contribution in [3.63, 3.8) is 0 Å². The molecular formula is C20H24BrNO3. The van der Waals surface area contributed by atoms with Crippen molar-refractivity contribution in [3.05, 3.63) is 51.4 Å². The summed E-state index contributed by atoms with van der Waals surface area (Å²) in [6.07, 6.45) is 4.44. The van der Waals surface area contributed by atoms with Gasteiger partial charge >= 0.3 is 0 Å². The first-order chi connectivity index (χ1) is 12.0. The largest absolute Gasteiger partial charge is 0.496 e. The molecule has 1 aromatic heterocycles. The highest BCUT2D eigenvalue weighted by atomic mass is 79.9. The highest BCUT2D eigenvalue weighted by Gasteiger charge is 2.38. The van der Waals surface area contributed by atoms with Gasteiger partial charge in [-0.2, -0.15) is 0 Å². The third-order valence-corrected chi connectivity index (χ3v) is 6.20. The lowest BCUT2D eigenvalue weighted by molar-refractivity contribution is 0.0940. The Labute approximate surface area is 157 Å². The summed E-state index contributed by atoms with van der Waals surface area (Å²) in [5.41, 5.74) is 1.71. The van der Waals surface area contributed by atoms with Gasteiger partial charge in [0.25, 0.3) is 5.91 Å². The second-order valence-corrected chi connectivity index (χ2v) is 7.57. The molecule has 0 unspecified atom stereocenters. The van der Waals surface area contributed by atoms with Crippen LogP contribution in [0.3, 0.4) is 0 Å². The summed E-state index contributed by atoms with van der Waals surface area (Å²) in [5, 5.41) is 3.14. The first-order valence-electron chi connectivity index (χ1n) is 8.66. The van der Waals surface area contributed by atoms with Crippen LogP contribution in [0.15, 0.2) is 33.2 Å². The molecule has 2 aromatic rings. The summed E-state index contributed by atoms with van der Waals surface area (Å²) < 4.78 is 11.9. The second-order valence-electron chi connectivity index (χ2n) is 6.77. The van der Waals surface area contributed by atoms with Crippen LogP contribution < -0.4 is 10.1 Å². The van der Waals surface area contributed by atoms with Crippen LogP contribution in [-0.4, -0.2) is 19.6 Å². The molecule has 1 aliphatic carbocycles. The van der Waals surface area contributed by atoms with E-state index in [1.165, 1.54) is 18.4 Å². The Morgan fingerprint density at radius 3 is 2.52 bits per heavy atom. The zero-order valence-corrected chi connectivity index (χ0v) is 16.5. The molecule has 0 atom stereocenters. The van der Waals surface area contributed by atoms with Crippen molar-refractivity contribution in [2.75, 3.05) is 13.7 Å². The Morgan fingerprint density at radius 2 is 1.92 bits per heavy atom. The minimum Gasteiger partial charge on any atom is -0.496 e. The number of furan rings is 1. The fourth-order valence-electron chi connectivity index (χ4n) is 3.93. The zero-order chi connectivity index (χ0) is 18.0. The van der Waals surface area contributed by atoms with Crippen LogP contribution in [-0.2, 0) is 5.41 Å². The molecule has 134 valence electrons. The molecule has 0 radical (unpaired) electrons. The van der Waals surface area contributed by atoms with Crippen molar-refractivity contribution in [1.82, 2.24) is 5.32 Å². The smallest absolute Gasteiger partial charge is 0.256 e. The maximum Gasteiger partial charge on any atom is 0.256 e. The number of hydrogen-bond donors (Lipinski definition) is 1. The topological polar surface area (TPSA) is 51.5 Å². The number of carbonyl (C=O) groups is 1. The minimum absolute atomic E-state index is 0.0680. The van der Waals surface area contributed by atoms with Crippen LogP contribution in [0.25, 0.3) is 0 Å². The van der Waals surface area contributed by atoms with Gasteiger partial charge < -0.3 is 14.5 Å². The first kappa shape index (κ1) is 18.1. The van der Waals surface area contributed by atoms with Crippen molar-refractivity contribution >= 4 is 21.8 Å². The van der Waals surface area contributed by atoms with Crippen molar-refractivity contribution in [2.24, 2.45) is 0 Å². The number of rotatable bonds is 5. The number of benzene rings is 1. The third kappa shape index (κ3) is 3.34. The molecule has 3 rings (SSSR count). The number of methoxy groups -OCH3 is 1. The lowest BCUT2D eigenvalue weighted by Crippen LogP contribution is -2.39. The molecule has 0 aliphatic heterocycles. The molecule has 4 nitrogen and oxygen atoms in total. The van der Waals surface area contributed by atoms with Gasteiger partial charge in [-0.25, -0.2) is 0 Å². The number of halogens is 1. The average molecular weight is 406 g/mol. The zero-order valence-electron chi connectivity index (χ0n) is 14.9. The Hall–Kier alpha value is -1.75. The molecule has 1 aromatic carbocycles. The van der Waals surface area contributed by atoms with E-state index < -0.39 is 0 Å². The molecule has 1 N–H and O–H groups in total. The van der Waals surface area contributed by atoms with Crippen LogP contribution in [0.5, 0.6) is 5.75 Å². The molecule has 0 bridgehead atoms. The molecule has 0 saturated heterocycles. The number of aryl methyl sites for hydroxylation is 2. The number of carbonyl (C=O) groups excluding carboxylic acids is 1. The Balaban J connectivity index is 1.85.